The summed E-state index contributed by atoms with van der Waals surface area (Å²) in [5, 5.41) is 0. The minimum Gasteiger partial charge on any atom is -0.444 e. The number of rotatable bonds is 6. The van der Waals surface area contributed by atoms with Gasteiger partial charge in [-0.3, -0.25) is 9.97 Å². The Balaban J connectivity index is 1.72. The summed E-state index contributed by atoms with van der Waals surface area (Å²) in [4.78, 5) is 22.4. The van der Waals surface area contributed by atoms with Gasteiger partial charge in [0.05, 0.1) is 18.5 Å². The molecule has 0 unspecified atom stereocenters. The molecule has 0 aromatic carbocycles. The van der Waals surface area contributed by atoms with Crippen molar-refractivity contribution < 1.29 is 14.3 Å². The molecule has 134 valence electrons. The second kappa shape index (κ2) is 8.97. The van der Waals surface area contributed by atoms with Crippen molar-refractivity contribution in [2.75, 3.05) is 13.2 Å². The van der Waals surface area contributed by atoms with Gasteiger partial charge in [0.2, 0.25) is 0 Å². The first kappa shape index (κ1) is 18.6. The average molecular weight is 335 g/mol. The van der Waals surface area contributed by atoms with E-state index in [1.165, 1.54) is 6.42 Å². The zero-order valence-electron chi connectivity index (χ0n) is 15.0. The Bertz CT molecular complexity index is 502. The summed E-state index contributed by atoms with van der Waals surface area (Å²) < 4.78 is 11.2. The molecular weight excluding hydrogens is 306 g/mol. The van der Waals surface area contributed by atoms with Gasteiger partial charge in [0.1, 0.15) is 5.60 Å². The van der Waals surface area contributed by atoms with Crippen LogP contribution in [0.5, 0.6) is 0 Å². The molecule has 0 radical (unpaired) electrons. The Morgan fingerprint density at radius 1 is 1.33 bits per heavy atom. The van der Waals surface area contributed by atoms with Gasteiger partial charge in [-0.25, -0.2) is 4.79 Å². The number of carbonyl (C=O) groups is 1. The Labute approximate surface area is 144 Å². The van der Waals surface area contributed by atoms with Crippen molar-refractivity contribution in [2.45, 2.75) is 71.1 Å². The highest BCUT2D eigenvalue weighted by molar-refractivity contribution is 5.68. The van der Waals surface area contributed by atoms with Crippen molar-refractivity contribution in [1.29, 1.82) is 0 Å². The molecule has 0 bridgehead atoms. The first-order chi connectivity index (χ1) is 11.5. The third-order valence-electron chi connectivity index (χ3n) is 3.95. The molecule has 0 N–H and O–H groups in total. The quantitative estimate of drug-likeness (QED) is 0.744. The minimum absolute atomic E-state index is 0.187. The average Bonchev–Trinajstić information content (AvgIpc) is 2.54. The smallest absolute Gasteiger partial charge is 0.410 e. The third-order valence-corrected chi connectivity index (χ3v) is 3.95. The van der Waals surface area contributed by atoms with E-state index in [-0.39, 0.29) is 12.1 Å². The Kier molecular flexibility index (Phi) is 6.97. The number of piperidine rings is 1. The Morgan fingerprint density at radius 2 is 2.17 bits per heavy atom. The van der Waals surface area contributed by atoms with Gasteiger partial charge in [-0.1, -0.05) is 0 Å². The van der Waals surface area contributed by atoms with Gasteiger partial charge in [-0.2, -0.15) is 0 Å². The van der Waals surface area contributed by atoms with Crippen molar-refractivity contribution in [3.8, 4) is 0 Å². The summed E-state index contributed by atoms with van der Waals surface area (Å²) in [6.07, 6.45) is 9.98. The van der Waals surface area contributed by atoms with Crippen LogP contribution < -0.4 is 0 Å². The van der Waals surface area contributed by atoms with E-state index in [0.717, 1.165) is 37.9 Å². The number of hydrogen-bond acceptors (Lipinski definition) is 5. The molecule has 1 aromatic rings. The molecule has 1 fully saturated rings. The molecule has 6 nitrogen and oxygen atoms in total. The number of amides is 1. The van der Waals surface area contributed by atoms with Crippen LogP contribution in [-0.2, 0) is 16.1 Å². The van der Waals surface area contributed by atoms with Gasteiger partial charge in [0.25, 0.3) is 0 Å². The predicted octanol–water partition coefficient (Wildman–Crippen LogP) is 3.56. The number of hydrogen-bond donors (Lipinski definition) is 0. The maximum Gasteiger partial charge on any atom is 0.410 e. The lowest BCUT2D eigenvalue weighted by atomic mass is 9.98. The predicted molar refractivity (Wildman–Crippen MR) is 91.5 cm³/mol. The van der Waals surface area contributed by atoms with E-state index in [0.29, 0.717) is 13.2 Å². The number of ether oxygens (including phenoxy) is 2. The fraction of sp³-hybridized carbons (Fsp3) is 0.722. The Hall–Kier alpha value is -1.69. The van der Waals surface area contributed by atoms with E-state index in [2.05, 4.69) is 9.97 Å². The standard InChI is InChI=1S/C18H29N3O3/c1-18(2,3)24-17(22)21-11-5-4-7-16(21)8-6-12-23-14-15-13-19-9-10-20-15/h9-10,13,16H,4-8,11-12,14H2,1-3H3/t16-/m0/s1. The van der Waals surface area contributed by atoms with Gasteiger partial charge in [0.15, 0.2) is 0 Å². The Morgan fingerprint density at radius 3 is 2.88 bits per heavy atom. The van der Waals surface area contributed by atoms with E-state index in [1.54, 1.807) is 18.6 Å². The molecule has 1 aromatic heterocycles. The topological polar surface area (TPSA) is 64.5 Å². The van der Waals surface area contributed by atoms with Gasteiger partial charge < -0.3 is 14.4 Å². The van der Waals surface area contributed by atoms with Gasteiger partial charge >= 0.3 is 6.09 Å². The summed E-state index contributed by atoms with van der Waals surface area (Å²) in [7, 11) is 0. The number of likely N-dealkylation sites (tertiary alicyclic amines) is 1. The van der Waals surface area contributed by atoms with Crippen LogP contribution in [0.3, 0.4) is 0 Å². The van der Waals surface area contributed by atoms with Crippen LogP contribution in [0.2, 0.25) is 0 Å². The normalized spacial score (nSPS) is 18.5. The fourth-order valence-electron chi connectivity index (χ4n) is 2.86. The molecule has 1 aliphatic rings. The molecule has 1 amide bonds. The van der Waals surface area contributed by atoms with Crippen LogP contribution in [0.15, 0.2) is 18.6 Å². The number of carbonyl (C=O) groups excluding carboxylic acids is 1. The van der Waals surface area contributed by atoms with Crippen LogP contribution in [0.4, 0.5) is 4.79 Å². The van der Waals surface area contributed by atoms with Crippen molar-refractivity contribution in [1.82, 2.24) is 14.9 Å². The molecule has 6 heteroatoms. The van der Waals surface area contributed by atoms with Crippen LogP contribution in [-0.4, -0.2) is 45.8 Å². The van der Waals surface area contributed by atoms with E-state index in [4.69, 9.17) is 9.47 Å². The summed E-state index contributed by atoms with van der Waals surface area (Å²) in [6, 6.07) is 0.258. The number of nitrogens with zero attached hydrogens (tertiary/aromatic N) is 3. The van der Waals surface area contributed by atoms with E-state index >= 15 is 0 Å². The van der Waals surface area contributed by atoms with E-state index < -0.39 is 5.60 Å². The molecule has 1 atom stereocenters. The SMILES string of the molecule is CC(C)(C)OC(=O)N1CCCC[C@H]1CCCOCc1cnccn1. The lowest BCUT2D eigenvalue weighted by molar-refractivity contribution is 0.00724. The van der Waals surface area contributed by atoms with Gasteiger partial charge in [0, 0.05) is 31.6 Å². The van der Waals surface area contributed by atoms with Crippen LogP contribution in [0, 0.1) is 0 Å². The molecule has 24 heavy (non-hydrogen) atoms. The molecule has 0 spiro atoms. The highest BCUT2D eigenvalue weighted by Gasteiger charge is 2.29. The highest BCUT2D eigenvalue weighted by atomic mass is 16.6. The van der Waals surface area contributed by atoms with E-state index in [9.17, 15) is 4.79 Å². The summed E-state index contributed by atoms with van der Waals surface area (Å²) >= 11 is 0. The zero-order valence-corrected chi connectivity index (χ0v) is 15.0. The zero-order chi connectivity index (χ0) is 17.4. The van der Waals surface area contributed by atoms with Gasteiger partial charge in [-0.05, 0) is 52.9 Å². The molecule has 0 aliphatic carbocycles. The molecule has 1 saturated heterocycles. The van der Waals surface area contributed by atoms with Crippen LogP contribution >= 0.6 is 0 Å². The van der Waals surface area contributed by atoms with Crippen molar-refractivity contribution in [3.63, 3.8) is 0 Å². The molecule has 0 saturated carbocycles. The van der Waals surface area contributed by atoms with Crippen molar-refractivity contribution in [3.05, 3.63) is 24.3 Å². The number of aromatic nitrogens is 2. The first-order valence-electron chi connectivity index (χ1n) is 8.78. The van der Waals surface area contributed by atoms with Gasteiger partial charge in [-0.15, -0.1) is 0 Å². The first-order valence-corrected chi connectivity index (χ1v) is 8.78. The second-order valence-electron chi connectivity index (χ2n) is 7.21. The summed E-state index contributed by atoms with van der Waals surface area (Å²) in [6.45, 7) is 7.65. The molecular formula is C18H29N3O3. The second-order valence-corrected chi connectivity index (χ2v) is 7.21. The monoisotopic (exact) mass is 335 g/mol. The maximum atomic E-state index is 12.4. The largest absolute Gasteiger partial charge is 0.444 e. The minimum atomic E-state index is -0.446. The third kappa shape index (κ3) is 6.43. The summed E-state index contributed by atoms with van der Waals surface area (Å²) in [5.74, 6) is 0. The fourth-order valence-corrected chi connectivity index (χ4v) is 2.86. The van der Waals surface area contributed by atoms with Crippen molar-refractivity contribution >= 4 is 6.09 Å². The maximum absolute atomic E-state index is 12.4. The summed E-state index contributed by atoms with van der Waals surface area (Å²) in [5.41, 5.74) is 0.393. The van der Waals surface area contributed by atoms with Crippen molar-refractivity contribution in [2.24, 2.45) is 0 Å². The van der Waals surface area contributed by atoms with Crippen LogP contribution in [0.25, 0.3) is 0 Å². The molecule has 2 rings (SSSR count). The van der Waals surface area contributed by atoms with Crippen LogP contribution in [0.1, 0.15) is 58.6 Å². The molecule has 2 heterocycles. The molecule has 1 aliphatic heterocycles. The lowest BCUT2D eigenvalue weighted by Crippen LogP contribution is -2.46. The lowest BCUT2D eigenvalue weighted by Gasteiger charge is -2.36. The van der Waals surface area contributed by atoms with E-state index in [1.807, 2.05) is 25.7 Å². The highest BCUT2D eigenvalue weighted by Crippen LogP contribution is 2.23.